The number of aromatic nitrogens is 1. The van der Waals surface area contributed by atoms with Crippen molar-refractivity contribution in [3.63, 3.8) is 0 Å². The van der Waals surface area contributed by atoms with Crippen molar-refractivity contribution in [1.29, 1.82) is 0 Å². The molecule has 1 aromatic heterocycles. The fourth-order valence-electron chi connectivity index (χ4n) is 2.23. The molecular formula is C14H18N2O. The van der Waals surface area contributed by atoms with Gasteiger partial charge in [0.1, 0.15) is 5.76 Å². The van der Waals surface area contributed by atoms with Crippen LogP contribution in [0.2, 0.25) is 0 Å². The standard InChI is InChI=1S/C14H18N2O/c1-8-5-4-6-13-14(8)11(9(2)16-13)7-12(15)10(3)17/h4-6,12,16-17H,3,7,15H2,1-2H3. The number of rotatable bonds is 3. The maximum Gasteiger partial charge on any atom is 0.102 e. The Balaban J connectivity index is 2.53. The highest BCUT2D eigenvalue weighted by Gasteiger charge is 2.15. The normalized spacial score (nSPS) is 12.9. The van der Waals surface area contributed by atoms with E-state index >= 15 is 0 Å². The first-order chi connectivity index (χ1) is 8.00. The van der Waals surface area contributed by atoms with Crippen molar-refractivity contribution < 1.29 is 5.11 Å². The van der Waals surface area contributed by atoms with Crippen LogP contribution in [0.25, 0.3) is 10.9 Å². The van der Waals surface area contributed by atoms with Gasteiger partial charge in [0.05, 0.1) is 6.04 Å². The second-order valence-corrected chi connectivity index (χ2v) is 4.53. The highest BCUT2D eigenvalue weighted by atomic mass is 16.3. The highest BCUT2D eigenvalue weighted by molar-refractivity contribution is 5.87. The molecule has 1 heterocycles. The van der Waals surface area contributed by atoms with E-state index in [4.69, 9.17) is 5.73 Å². The summed E-state index contributed by atoms with van der Waals surface area (Å²) in [6.07, 6.45) is 0.603. The molecule has 4 N–H and O–H groups in total. The van der Waals surface area contributed by atoms with E-state index in [-0.39, 0.29) is 5.76 Å². The predicted molar refractivity (Wildman–Crippen MR) is 71.2 cm³/mol. The first kappa shape index (κ1) is 11.7. The number of nitrogens with two attached hydrogens (primary N) is 1. The van der Waals surface area contributed by atoms with Crippen LogP contribution in [-0.4, -0.2) is 16.1 Å². The minimum absolute atomic E-state index is 0.0346. The van der Waals surface area contributed by atoms with Crippen LogP contribution in [0.15, 0.2) is 30.5 Å². The molecule has 1 unspecified atom stereocenters. The third kappa shape index (κ3) is 2.06. The van der Waals surface area contributed by atoms with Gasteiger partial charge in [-0.15, -0.1) is 0 Å². The van der Waals surface area contributed by atoms with Crippen LogP contribution in [-0.2, 0) is 6.42 Å². The topological polar surface area (TPSA) is 62.0 Å². The van der Waals surface area contributed by atoms with E-state index in [1.807, 2.05) is 13.0 Å². The van der Waals surface area contributed by atoms with Crippen LogP contribution in [0.4, 0.5) is 0 Å². The number of aryl methyl sites for hydroxylation is 2. The van der Waals surface area contributed by atoms with Crippen LogP contribution in [0, 0.1) is 13.8 Å². The first-order valence-corrected chi connectivity index (χ1v) is 5.70. The molecule has 0 saturated carbocycles. The molecule has 0 spiro atoms. The monoisotopic (exact) mass is 230 g/mol. The molecule has 0 amide bonds. The van der Waals surface area contributed by atoms with Crippen LogP contribution in [0.1, 0.15) is 16.8 Å². The summed E-state index contributed by atoms with van der Waals surface area (Å²) in [6.45, 7) is 7.60. The maximum atomic E-state index is 9.32. The summed E-state index contributed by atoms with van der Waals surface area (Å²) in [6, 6.07) is 5.76. The van der Waals surface area contributed by atoms with Crippen molar-refractivity contribution in [2.24, 2.45) is 5.73 Å². The summed E-state index contributed by atoms with van der Waals surface area (Å²) < 4.78 is 0. The molecule has 1 aromatic carbocycles. The number of hydrogen-bond acceptors (Lipinski definition) is 2. The van der Waals surface area contributed by atoms with E-state index in [9.17, 15) is 5.11 Å². The van der Waals surface area contributed by atoms with Crippen molar-refractivity contribution in [2.75, 3.05) is 0 Å². The third-order valence-electron chi connectivity index (χ3n) is 3.20. The summed E-state index contributed by atoms with van der Waals surface area (Å²) in [5.74, 6) is 0.0346. The summed E-state index contributed by atoms with van der Waals surface area (Å²) in [5, 5.41) is 10.5. The Kier molecular flexibility index (Phi) is 2.94. The minimum Gasteiger partial charge on any atom is -0.511 e. The molecule has 2 aromatic rings. The Morgan fingerprint density at radius 1 is 1.47 bits per heavy atom. The van der Waals surface area contributed by atoms with Gasteiger partial charge in [-0.05, 0) is 37.5 Å². The van der Waals surface area contributed by atoms with Gasteiger partial charge in [0, 0.05) is 16.6 Å². The lowest BCUT2D eigenvalue weighted by Gasteiger charge is -2.10. The van der Waals surface area contributed by atoms with E-state index < -0.39 is 6.04 Å². The van der Waals surface area contributed by atoms with E-state index in [1.165, 1.54) is 16.5 Å². The van der Waals surface area contributed by atoms with Gasteiger partial charge in [0.15, 0.2) is 0 Å². The third-order valence-corrected chi connectivity index (χ3v) is 3.20. The van der Waals surface area contributed by atoms with Gasteiger partial charge in [-0.25, -0.2) is 0 Å². The predicted octanol–water partition coefficient (Wildman–Crippen LogP) is 2.73. The van der Waals surface area contributed by atoms with Crippen molar-refractivity contribution in [1.82, 2.24) is 4.98 Å². The van der Waals surface area contributed by atoms with Crippen LogP contribution in [0.5, 0.6) is 0 Å². The molecule has 0 aliphatic carbocycles. The molecule has 0 radical (unpaired) electrons. The Labute approximate surface area is 101 Å². The first-order valence-electron chi connectivity index (χ1n) is 5.70. The second-order valence-electron chi connectivity index (χ2n) is 4.53. The van der Waals surface area contributed by atoms with Crippen molar-refractivity contribution >= 4 is 10.9 Å². The molecule has 90 valence electrons. The number of fused-ring (bicyclic) bond motifs is 1. The fourth-order valence-corrected chi connectivity index (χ4v) is 2.23. The molecule has 0 bridgehead atoms. The van der Waals surface area contributed by atoms with Gasteiger partial charge in [-0.3, -0.25) is 0 Å². The van der Waals surface area contributed by atoms with Gasteiger partial charge in [-0.2, -0.15) is 0 Å². The molecule has 3 nitrogen and oxygen atoms in total. The lowest BCUT2D eigenvalue weighted by atomic mass is 9.99. The quantitative estimate of drug-likeness (QED) is 0.710. The van der Waals surface area contributed by atoms with Gasteiger partial charge < -0.3 is 15.8 Å². The van der Waals surface area contributed by atoms with E-state index in [0.29, 0.717) is 6.42 Å². The molecule has 1 atom stereocenters. The van der Waals surface area contributed by atoms with Gasteiger partial charge >= 0.3 is 0 Å². The molecule has 0 aliphatic rings. The van der Waals surface area contributed by atoms with Crippen LogP contribution in [0.3, 0.4) is 0 Å². The Bertz CT molecular complexity index is 569. The molecular weight excluding hydrogens is 212 g/mol. The van der Waals surface area contributed by atoms with Crippen molar-refractivity contribution in [3.05, 3.63) is 47.4 Å². The zero-order valence-electron chi connectivity index (χ0n) is 10.2. The number of benzene rings is 1. The smallest absolute Gasteiger partial charge is 0.102 e. The fraction of sp³-hybridized carbons (Fsp3) is 0.286. The largest absolute Gasteiger partial charge is 0.511 e. The number of aliphatic hydroxyl groups is 1. The van der Waals surface area contributed by atoms with Gasteiger partial charge in [0.2, 0.25) is 0 Å². The molecule has 0 aliphatic heterocycles. The highest BCUT2D eigenvalue weighted by Crippen LogP contribution is 2.26. The number of aliphatic hydroxyl groups excluding tert-OH is 1. The lowest BCUT2D eigenvalue weighted by Crippen LogP contribution is -2.24. The van der Waals surface area contributed by atoms with Crippen LogP contribution >= 0.6 is 0 Å². The Morgan fingerprint density at radius 3 is 2.82 bits per heavy atom. The molecule has 0 fully saturated rings. The van der Waals surface area contributed by atoms with Crippen molar-refractivity contribution in [3.8, 4) is 0 Å². The summed E-state index contributed by atoms with van der Waals surface area (Å²) in [5.41, 5.74) is 10.5. The number of nitrogens with one attached hydrogen (secondary N) is 1. The van der Waals surface area contributed by atoms with Gasteiger partial charge in [0.25, 0.3) is 0 Å². The van der Waals surface area contributed by atoms with E-state index in [0.717, 1.165) is 11.2 Å². The number of hydrogen-bond donors (Lipinski definition) is 3. The van der Waals surface area contributed by atoms with E-state index in [1.54, 1.807) is 0 Å². The summed E-state index contributed by atoms with van der Waals surface area (Å²) >= 11 is 0. The minimum atomic E-state index is -0.410. The van der Waals surface area contributed by atoms with Crippen molar-refractivity contribution in [2.45, 2.75) is 26.3 Å². The molecule has 3 heteroatoms. The maximum absolute atomic E-state index is 9.32. The molecule has 2 rings (SSSR count). The zero-order chi connectivity index (χ0) is 12.6. The number of H-pyrrole nitrogens is 1. The summed E-state index contributed by atoms with van der Waals surface area (Å²) in [4.78, 5) is 3.35. The Morgan fingerprint density at radius 2 is 2.18 bits per heavy atom. The lowest BCUT2D eigenvalue weighted by molar-refractivity contribution is 0.368. The van der Waals surface area contributed by atoms with Crippen LogP contribution < -0.4 is 5.73 Å². The average molecular weight is 230 g/mol. The zero-order valence-corrected chi connectivity index (χ0v) is 10.2. The SMILES string of the molecule is C=C(O)C(N)Cc1c(C)[nH]c2cccc(C)c12. The second kappa shape index (κ2) is 4.26. The summed E-state index contributed by atoms with van der Waals surface area (Å²) in [7, 11) is 0. The average Bonchev–Trinajstić information content (AvgIpc) is 2.56. The van der Waals surface area contributed by atoms with Gasteiger partial charge in [-0.1, -0.05) is 18.7 Å². The van der Waals surface area contributed by atoms with E-state index in [2.05, 4.69) is 30.6 Å². The molecule has 0 saturated heterocycles. The number of aromatic amines is 1. The molecule has 17 heavy (non-hydrogen) atoms. The Hall–Kier alpha value is -1.74.